The topological polar surface area (TPSA) is 43.8 Å². The summed E-state index contributed by atoms with van der Waals surface area (Å²) >= 11 is 0. The third-order valence-electron chi connectivity index (χ3n) is 1.88. The van der Waals surface area contributed by atoms with Crippen molar-refractivity contribution in [3.63, 3.8) is 0 Å². The SMILES string of the molecule is Cc1ncc(/C=C/CCN)n1C. The van der Waals surface area contributed by atoms with E-state index in [1.165, 1.54) is 0 Å². The zero-order valence-electron chi connectivity index (χ0n) is 7.62. The monoisotopic (exact) mass is 165 g/mol. The highest BCUT2D eigenvalue weighted by molar-refractivity contribution is 5.44. The fourth-order valence-electron chi connectivity index (χ4n) is 0.975. The maximum Gasteiger partial charge on any atom is 0.105 e. The third-order valence-corrected chi connectivity index (χ3v) is 1.88. The predicted octanol–water partition coefficient (Wildman–Crippen LogP) is 1.09. The lowest BCUT2D eigenvalue weighted by molar-refractivity contribution is 0.848. The summed E-state index contributed by atoms with van der Waals surface area (Å²) in [6.07, 6.45) is 6.90. The van der Waals surface area contributed by atoms with Crippen molar-refractivity contribution in [3.05, 3.63) is 23.8 Å². The van der Waals surface area contributed by atoms with Crippen LogP contribution in [0.15, 0.2) is 12.3 Å². The Labute approximate surface area is 72.9 Å². The zero-order valence-corrected chi connectivity index (χ0v) is 7.62. The largest absolute Gasteiger partial charge is 0.332 e. The van der Waals surface area contributed by atoms with Crippen LogP contribution < -0.4 is 5.73 Å². The molecule has 12 heavy (non-hydrogen) atoms. The van der Waals surface area contributed by atoms with Crippen LogP contribution in [0.2, 0.25) is 0 Å². The van der Waals surface area contributed by atoms with E-state index in [4.69, 9.17) is 5.73 Å². The van der Waals surface area contributed by atoms with E-state index in [9.17, 15) is 0 Å². The van der Waals surface area contributed by atoms with Crippen LogP contribution in [0.5, 0.6) is 0 Å². The van der Waals surface area contributed by atoms with Gasteiger partial charge in [0.25, 0.3) is 0 Å². The highest BCUT2D eigenvalue weighted by atomic mass is 15.0. The van der Waals surface area contributed by atoms with Gasteiger partial charge in [0.2, 0.25) is 0 Å². The molecule has 0 unspecified atom stereocenters. The van der Waals surface area contributed by atoms with Crippen molar-refractivity contribution in [1.82, 2.24) is 9.55 Å². The van der Waals surface area contributed by atoms with E-state index < -0.39 is 0 Å². The molecule has 3 heteroatoms. The molecule has 66 valence electrons. The first-order valence-electron chi connectivity index (χ1n) is 4.10. The molecular weight excluding hydrogens is 150 g/mol. The number of aromatic nitrogens is 2. The Bertz CT molecular complexity index is 273. The van der Waals surface area contributed by atoms with Crippen LogP contribution in [0, 0.1) is 6.92 Å². The van der Waals surface area contributed by atoms with Gasteiger partial charge >= 0.3 is 0 Å². The quantitative estimate of drug-likeness (QED) is 0.728. The van der Waals surface area contributed by atoms with Gasteiger partial charge in [-0.1, -0.05) is 6.08 Å². The lowest BCUT2D eigenvalue weighted by atomic mass is 10.3. The first-order chi connectivity index (χ1) is 5.75. The van der Waals surface area contributed by atoms with Crippen molar-refractivity contribution in [2.24, 2.45) is 12.8 Å². The molecule has 2 N–H and O–H groups in total. The van der Waals surface area contributed by atoms with E-state index in [1.54, 1.807) is 0 Å². The Balaban J connectivity index is 2.69. The fraction of sp³-hybridized carbons (Fsp3) is 0.444. The van der Waals surface area contributed by atoms with Gasteiger partial charge in [0.1, 0.15) is 5.82 Å². The maximum atomic E-state index is 5.36. The second kappa shape index (κ2) is 4.07. The number of hydrogen-bond acceptors (Lipinski definition) is 2. The van der Waals surface area contributed by atoms with Crippen LogP contribution in [0.1, 0.15) is 17.9 Å². The van der Waals surface area contributed by atoms with Crippen LogP contribution in [0.4, 0.5) is 0 Å². The summed E-state index contributed by atoms with van der Waals surface area (Å²) in [6, 6.07) is 0. The summed E-state index contributed by atoms with van der Waals surface area (Å²) in [5.74, 6) is 1.03. The van der Waals surface area contributed by atoms with E-state index in [-0.39, 0.29) is 0 Å². The van der Waals surface area contributed by atoms with Crippen LogP contribution in [-0.4, -0.2) is 16.1 Å². The summed E-state index contributed by atoms with van der Waals surface area (Å²) < 4.78 is 2.05. The van der Waals surface area contributed by atoms with Crippen molar-refractivity contribution < 1.29 is 0 Å². The molecule has 0 aromatic carbocycles. The molecular formula is C9H15N3. The highest BCUT2D eigenvalue weighted by Gasteiger charge is 1.96. The molecule has 3 nitrogen and oxygen atoms in total. The molecule has 0 saturated carbocycles. The van der Waals surface area contributed by atoms with E-state index >= 15 is 0 Å². The van der Waals surface area contributed by atoms with Gasteiger partial charge in [-0.05, 0) is 26.0 Å². The molecule has 1 aromatic heterocycles. The lowest BCUT2D eigenvalue weighted by Gasteiger charge is -1.96. The maximum absolute atomic E-state index is 5.36. The molecule has 1 heterocycles. The van der Waals surface area contributed by atoms with Gasteiger partial charge < -0.3 is 10.3 Å². The minimum Gasteiger partial charge on any atom is -0.332 e. The number of aryl methyl sites for hydroxylation is 1. The van der Waals surface area contributed by atoms with Gasteiger partial charge in [-0.15, -0.1) is 0 Å². The Kier molecular flexibility index (Phi) is 3.05. The summed E-state index contributed by atoms with van der Waals surface area (Å²) in [5, 5.41) is 0. The summed E-state index contributed by atoms with van der Waals surface area (Å²) in [5.41, 5.74) is 6.49. The summed E-state index contributed by atoms with van der Waals surface area (Å²) in [6.45, 7) is 2.69. The first kappa shape index (κ1) is 9.00. The molecule has 0 saturated heterocycles. The van der Waals surface area contributed by atoms with Crippen LogP contribution in [0.25, 0.3) is 6.08 Å². The average molecular weight is 165 g/mol. The zero-order chi connectivity index (χ0) is 8.97. The van der Waals surface area contributed by atoms with Gasteiger partial charge in [-0.3, -0.25) is 0 Å². The fourth-order valence-corrected chi connectivity index (χ4v) is 0.975. The van der Waals surface area contributed by atoms with Crippen molar-refractivity contribution in [3.8, 4) is 0 Å². The van der Waals surface area contributed by atoms with Crippen LogP contribution in [0.3, 0.4) is 0 Å². The minimum absolute atomic E-state index is 0.702. The Morgan fingerprint density at radius 1 is 1.67 bits per heavy atom. The summed E-state index contributed by atoms with van der Waals surface area (Å²) in [4.78, 5) is 4.18. The van der Waals surface area contributed by atoms with E-state index in [2.05, 4.69) is 11.1 Å². The van der Waals surface area contributed by atoms with Crippen molar-refractivity contribution in [2.75, 3.05) is 6.54 Å². The second-order valence-corrected chi connectivity index (χ2v) is 2.77. The molecule has 1 aromatic rings. The molecule has 0 radical (unpaired) electrons. The second-order valence-electron chi connectivity index (χ2n) is 2.77. The Morgan fingerprint density at radius 3 is 2.92 bits per heavy atom. The highest BCUT2D eigenvalue weighted by Crippen LogP contribution is 2.03. The van der Waals surface area contributed by atoms with Crippen molar-refractivity contribution in [1.29, 1.82) is 0 Å². The predicted molar refractivity (Wildman–Crippen MR) is 50.7 cm³/mol. The van der Waals surface area contributed by atoms with Gasteiger partial charge in [0.15, 0.2) is 0 Å². The van der Waals surface area contributed by atoms with Crippen molar-refractivity contribution >= 4 is 6.08 Å². The third kappa shape index (κ3) is 1.95. The van der Waals surface area contributed by atoms with E-state index in [0.717, 1.165) is 17.9 Å². The van der Waals surface area contributed by atoms with Crippen LogP contribution in [-0.2, 0) is 7.05 Å². The van der Waals surface area contributed by atoms with Gasteiger partial charge in [-0.25, -0.2) is 4.98 Å². The number of hydrogen-bond donors (Lipinski definition) is 1. The molecule has 0 aliphatic rings. The molecule has 0 amide bonds. The molecule has 0 atom stereocenters. The molecule has 0 aliphatic carbocycles. The molecule has 0 aliphatic heterocycles. The standard InChI is InChI=1S/C9H15N3/c1-8-11-7-9(12(8)2)5-3-4-6-10/h3,5,7H,4,6,10H2,1-2H3/b5-3+. The summed E-state index contributed by atoms with van der Waals surface area (Å²) in [7, 11) is 2.00. The van der Waals surface area contributed by atoms with Gasteiger partial charge in [0, 0.05) is 7.05 Å². The van der Waals surface area contributed by atoms with Gasteiger partial charge in [-0.2, -0.15) is 0 Å². The van der Waals surface area contributed by atoms with Crippen LogP contribution >= 0.6 is 0 Å². The number of imidazole rings is 1. The lowest BCUT2D eigenvalue weighted by Crippen LogP contribution is -1.96. The minimum atomic E-state index is 0.702. The smallest absolute Gasteiger partial charge is 0.105 e. The normalized spacial score (nSPS) is 11.2. The Hall–Kier alpha value is -1.09. The van der Waals surface area contributed by atoms with E-state index in [0.29, 0.717) is 6.54 Å². The number of nitrogens with two attached hydrogens (primary N) is 1. The van der Waals surface area contributed by atoms with E-state index in [1.807, 2.05) is 30.8 Å². The number of rotatable bonds is 3. The van der Waals surface area contributed by atoms with Crippen molar-refractivity contribution in [2.45, 2.75) is 13.3 Å². The molecule has 0 fully saturated rings. The molecule has 0 bridgehead atoms. The molecule has 1 rings (SSSR count). The van der Waals surface area contributed by atoms with Gasteiger partial charge in [0.05, 0.1) is 11.9 Å². The average Bonchev–Trinajstić information content (AvgIpc) is 2.36. The number of nitrogens with zero attached hydrogens (tertiary/aromatic N) is 2. The first-order valence-corrected chi connectivity index (χ1v) is 4.10. The molecule has 0 spiro atoms. The Morgan fingerprint density at radius 2 is 2.42 bits per heavy atom.